The second-order valence-electron chi connectivity index (χ2n) is 7.53. The lowest BCUT2D eigenvalue weighted by atomic mass is 9.97. The van der Waals surface area contributed by atoms with Gasteiger partial charge in [0.05, 0.1) is 6.61 Å². The van der Waals surface area contributed by atoms with E-state index in [9.17, 15) is 4.79 Å². The molecule has 0 amide bonds. The van der Waals surface area contributed by atoms with Crippen molar-refractivity contribution in [2.75, 3.05) is 19.7 Å². The molecule has 1 N–H and O–H groups in total. The summed E-state index contributed by atoms with van der Waals surface area (Å²) in [5, 5.41) is 3.63. The molecule has 4 nitrogen and oxygen atoms in total. The number of likely N-dealkylation sites (tertiary alicyclic amines) is 1. The molecule has 4 heteroatoms. The predicted molar refractivity (Wildman–Crippen MR) is 83.1 cm³/mol. The summed E-state index contributed by atoms with van der Waals surface area (Å²) >= 11 is 0. The van der Waals surface area contributed by atoms with E-state index in [1.807, 2.05) is 6.92 Å². The van der Waals surface area contributed by atoms with Crippen LogP contribution in [0.2, 0.25) is 0 Å². The van der Waals surface area contributed by atoms with Crippen molar-refractivity contribution in [3.05, 3.63) is 0 Å². The summed E-state index contributed by atoms with van der Waals surface area (Å²) in [6.45, 7) is 9.46. The average Bonchev–Trinajstić information content (AvgIpc) is 3.04. The van der Waals surface area contributed by atoms with Gasteiger partial charge >= 0.3 is 5.97 Å². The first-order valence-electron chi connectivity index (χ1n) is 8.73. The second kappa shape index (κ2) is 5.88. The fraction of sp³-hybridized carbons (Fsp3) is 0.941. The highest BCUT2D eigenvalue weighted by Crippen LogP contribution is 2.39. The fourth-order valence-electron chi connectivity index (χ4n) is 4.07. The van der Waals surface area contributed by atoms with Crippen molar-refractivity contribution in [1.29, 1.82) is 0 Å². The average molecular weight is 294 g/mol. The largest absolute Gasteiger partial charge is 0.465 e. The smallest absolute Gasteiger partial charge is 0.326 e. The Balaban J connectivity index is 1.67. The lowest BCUT2D eigenvalue weighted by Gasteiger charge is -2.30. The zero-order valence-corrected chi connectivity index (χ0v) is 13.7. The summed E-state index contributed by atoms with van der Waals surface area (Å²) < 4.78 is 5.39. The number of nitrogens with zero attached hydrogens (tertiary/aromatic N) is 1. The molecule has 0 aromatic rings. The Morgan fingerprint density at radius 2 is 1.90 bits per heavy atom. The number of hydrogen-bond acceptors (Lipinski definition) is 4. The maximum Gasteiger partial charge on any atom is 0.326 e. The topological polar surface area (TPSA) is 41.6 Å². The first kappa shape index (κ1) is 15.3. The van der Waals surface area contributed by atoms with E-state index in [-0.39, 0.29) is 5.97 Å². The molecule has 2 aliphatic carbocycles. The maximum absolute atomic E-state index is 12.5. The van der Waals surface area contributed by atoms with E-state index < -0.39 is 5.54 Å². The minimum atomic E-state index is -0.406. The van der Waals surface area contributed by atoms with Gasteiger partial charge in [-0.15, -0.1) is 0 Å². The molecule has 21 heavy (non-hydrogen) atoms. The molecule has 1 heterocycles. The number of hydrogen-bond donors (Lipinski definition) is 1. The monoisotopic (exact) mass is 294 g/mol. The Labute approximate surface area is 128 Å². The van der Waals surface area contributed by atoms with E-state index in [2.05, 4.69) is 24.1 Å². The van der Waals surface area contributed by atoms with E-state index in [4.69, 9.17) is 4.74 Å². The van der Waals surface area contributed by atoms with Crippen molar-refractivity contribution in [2.24, 2.45) is 11.8 Å². The summed E-state index contributed by atoms with van der Waals surface area (Å²) in [5.41, 5.74) is -0.406. The molecule has 4 unspecified atom stereocenters. The molecule has 3 rings (SSSR count). The van der Waals surface area contributed by atoms with Gasteiger partial charge in [0.25, 0.3) is 0 Å². The standard InChI is InChI=1S/C17H30N2O2/c1-4-21-16(20)17(18-14-5-6-14)8-7-15(9-17)19-10-12(2)13(3)11-19/h12-15,18H,4-11H2,1-3H3. The van der Waals surface area contributed by atoms with E-state index in [0.29, 0.717) is 18.7 Å². The zero-order chi connectivity index (χ0) is 15.0. The highest BCUT2D eigenvalue weighted by Gasteiger charge is 2.50. The Morgan fingerprint density at radius 1 is 1.24 bits per heavy atom. The van der Waals surface area contributed by atoms with Gasteiger partial charge in [-0.25, -0.2) is 0 Å². The molecule has 3 fully saturated rings. The van der Waals surface area contributed by atoms with Crippen molar-refractivity contribution < 1.29 is 9.53 Å². The van der Waals surface area contributed by atoms with Crippen LogP contribution in [-0.4, -0.2) is 48.2 Å². The highest BCUT2D eigenvalue weighted by atomic mass is 16.5. The number of rotatable bonds is 5. The lowest BCUT2D eigenvalue weighted by Crippen LogP contribution is -2.53. The minimum Gasteiger partial charge on any atom is -0.465 e. The quantitative estimate of drug-likeness (QED) is 0.789. The SMILES string of the molecule is CCOC(=O)C1(NC2CC2)CCC(N2CC(C)C(C)C2)C1. The first-order chi connectivity index (χ1) is 10.0. The van der Waals surface area contributed by atoms with Gasteiger partial charge < -0.3 is 4.74 Å². The van der Waals surface area contributed by atoms with Crippen LogP contribution < -0.4 is 5.32 Å². The highest BCUT2D eigenvalue weighted by molar-refractivity contribution is 5.81. The number of esters is 1. The molecule has 1 saturated heterocycles. The number of carbonyl (C=O) groups excluding carboxylic acids is 1. The molecule has 0 aromatic heterocycles. The normalized spacial score (nSPS) is 40.6. The van der Waals surface area contributed by atoms with Gasteiger partial charge in [-0.1, -0.05) is 13.8 Å². The number of nitrogens with one attached hydrogen (secondary N) is 1. The second-order valence-corrected chi connectivity index (χ2v) is 7.53. The molecule has 3 aliphatic rings. The van der Waals surface area contributed by atoms with Crippen LogP contribution in [0.25, 0.3) is 0 Å². The van der Waals surface area contributed by atoms with E-state index in [1.54, 1.807) is 0 Å². The minimum absolute atomic E-state index is 0.0142. The van der Waals surface area contributed by atoms with Gasteiger partial charge in [0.15, 0.2) is 0 Å². The van der Waals surface area contributed by atoms with Crippen molar-refractivity contribution in [1.82, 2.24) is 10.2 Å². The molecule has 4 atom stereocenters. The fourth-order valence-corrected chi connectivity index (χ4v) is 4.07. The van der Waals surface area contributed by atoms with Crippen LogP contribution in [0.1, 0.15) is 52.9 Å². The Morgan fingerprint density at radius 3 is 2.48 bits per heavy atom. The van der Waals surface area contributed by atoms with Gasteiger partial charge in [0.1, 0.15) is 5.54 Å². The van der Waals surface area contributed by atoms with Crippen LogP contribution >= 0.6 is 0 Å². The summed E-state index contributed by atoms with van der Waals surface area (Å²) in [6.07, 6.45) is 5.42. The van der Waals surface area contributed by atoms with Gasteiger partial charge in [-0.05, 0) is 50.9 Å². The molecular weight excluding hydrogens is 264 g/mol. The molecular formula is C17H30N2O2. The third-order valence-corrected chi connectivity index (χ3v) is 5.75. The van der Waals surface area contributed by atoms with Gasteiger partial charge in [-0.3, -0.25) is 15.0 Å². The third kappa shape index (κ3) is 3.11. The number of ether oxygens (including phenoxy) is 1. The molecule has 120 valence electrons. The van der Waals surface area contributed by atoms with E-state index in [0.717, 1.165) is 31.1 Å². The molecule has 1 aliphatic heterocycles. The van der Waals surface area contributed by atoms with Crippen molar-refractivity contribution in [3.63, 3.8) is 0 Å². The van der Waals surface area contributed by atoms with Crippen LogP contribution in [0, 0.1) is 11.8 Å². The lowest BCUT2D eigenvalue weighted by molar-refractivity contribution is -0.151. The van der Waals surface area contributed by atoms with Crippen LogP contribution in [0.4, 0.5) is 0 Å². The van der Waals surface area contributed by atoms with Gasteiger partial charge in [-0.2, -0.15) is 0 Å². The van der Waals surface area contributed by atoms with Crippen molar-refractivity contribution >= 4 is 5.97 Å². The van der Waals surface area contributed by atoms with Crippen LogP contribution in [0.3, 0.4) is 0 Å². The molecule has 0 radical (unpaired) electrons. The third-order valence-electron chi connectivity index (χ3n) is 5.75. The first-order valence-corrected chi connectivity index (χ1v) is 8.73. The maximum atomic E-state index is 12.5. The van der Waals surface area contributed by atoms with Crippen LogP contribution in [0.15, 0.2) is 0 Å². The van der Waals surface area contributed by atoms with Crippen molar-refractivity contribution in [3.8, 4) is 0 Å². The van der Waals surface area contributed by atoms with Gasteiger partial charge in [0.2, 0.25) is 0 Å². The Hall–Kier alpha value is -0.610. The molecule has 0 spiro atoms. The predicted octanol–water partition coefficient (Wildman–Crippen LogP) is 2.18. The summed E-state index contributed by atoms with van der Waals surface area (Å²) in [6, 6.07) is 1.10. The Kier molecular flexibility index (Phi) is 4.28. The molecule has 2 saturated carbocycles. The van der Waals surface area contributed by atoms with Crippen molar-refractivity contribution in [2.45, 2.75) is 70.5 Å². The summed E-state index contributed by atoms with van der Waals surface area (Å²) in [4.78, 5) is 15.1. The molecule has 0 aromatic carbocycles. The van der Waals surface area contributed by atoms with Gasteiger partial charge in [0, 0.05) is 25.2 Å². The summed E-state index contributed by atoms with van der Waals surface area (Å²) in [7, 11) is 0. The molecule has 0 bridgehead atoms. The number of carbonyl (C=O) groups is 1. The summed E-state index contributed by atoms with van der Waals surface area (Å²) in [5.74, 6) is 1.54. The van der Waals surface area contributed by atoms with E-state index >= 15 is 0 Å². The zero-order valence-electron chi connectivity index (χ0n) is 13.7. The van der Waals surface area contributed by atoms with Crippen LogP contribution in [-0.2, 0) is 9.53 Å². The Bertz CT molecular complexity index is 386. The van der Waals surface area contributed by atoms with E-state index in [1.165, 1.54) is 25.9 Å². The van der Waals surface area contributed by atoms with Crippen LogP contribution in [0.5, 0.6) is 0 Å².